The Labute approximate surface area is 73.9 Å². The quantitative estimate of drug-likeness (QED) is 0.667. The van der Waals surface area contributed by atoms with Gasteiger partial charge in [0.25, 0.3) is 0 Å². The predicted molar refractivity (Wildman–Crippen MR) is 48.2 cm³/mol. The van der Waals surface area contributed by atoms with Crippen molar-refractivity contribution < 1.29 is 4.79 Å². The Bertz CT molecular complexity index is 349. The molecule has 1 aliphatic rings. The van der Waals surface area contributed by atoms with Crippen LogP contribution in [0.15, 0.2) is 28.6 Å². The summed E-state index contributed by atoms with van der Waals surface area (Å²) in [6.07, 6.45) is 2.54. The van der Waals surface area contributed by atoms with Crippen molar-refractivity contribution in [2.75, 3.05) is 5.32 Å². The zero-order valence-electron chi connectivity index (χ0n) is 6.15. The third-order valence-corrected chi connectivity index (χ3v) is 2.34. The summed E-state index contributed by atoms with van der Waals surface area (Å²) in [5.74, 6) is 0.757. The second kappa shape index (κ2) is 2.98. The van der Waals surface area contributed by atoms with Crippen LogP contribution < -0.4 is 5.32 Å². The van der Waals surface area contributed by atoms with Crippen LogP contribution in [0.3, 0.4) is 0 Å². The summed E-state index contributed by atoms with van der Waals surface area (Å²) in [5.41, 5.74) is 0.456. The van der Waals surface area contributed by atoms with E-state index in [0.29, 0.717) is 5.69 Å². The number of carbonyl (C=O) groups excluding carboxylic acids is 1. The first-order chi connectivity index (χ1) is 5.90. The zero-order chi connectivity index (χ0) is 8.39. The Hall–Kier alpha value is -1.29. The number of thioether (sulfide) groups is 1. The molecule has 0 aliphatic carbocycles. The van der Waals surface area contributed by atoms with Crippen LogP contribution in [0.5, 0.6) is 0 Å². The number of anilines is 1. The summed E-state index contributed by atoms with van der Waals surface area (Å²) < 4.78 is 0. The molecule has 0 bridgehead atoms. The Balaban J connectivity index is 2.46. The molecule has 12 heavy (non-hydrogen) atoms. The summed E-state index contributed by atoms with van der Waals surface area (Å²) >= 11 is 1.59. The predicted octanol–water partition coefficient (Wildman–Crippen LogP) is 1.88. The maximum atomic E-state index is 10.4. The first-order valence-corrected chi connectivity index (χ1v) is 4.32. The number of pyridine rings is 1. The van der Waals surface area contributed by atoms with Gasteiger partial charge in [0.15, 0.2) is 6.29 Å². The number of rotatable bonds is 1. The smallest absolute Gasteiger partial charge is 0.168 e. The lowest BCUT2D eigenvalue weighted by Gasteiger charge is -2.10. The summed E-state index contributed by atoms with van der Waals surface area (Å²) in [7, 11) is 0. The molecule has 0 aromatic carbocycles. The second-order valence-corrected chi connectivity index (χ2v) is 3.21. The molecule has 1 aliphatic heterocycles. The molecule has 0 radical (unpaired) electrons. The van der Waals surface area contributed by atoms with Gasteiger partial charge in [0, 0.05) is 6.20 Å². The number of hydrogen-bond acceptors (Lipinski definition) is 4. The van der Waals surface area contributed by atoms with Crippen molar-refractivity contribution in [3.63, 3.8) is 0 Å². The highest BCUT2D eigenvalue weighted by atomic mass is 32.2. The van der Waals surface area contributed by atoms with Crippen molar-refractivity contribution in [1.29, 1.82) is 0 Å². The minimum Gasteiger partial charge on any atom is -0.345 e. The highest BCUT2D eigenvalue weighted by molar-refractivity contribution is 8.02. The highest BCUT2D eigenvalue weighted by Gasteiger charge is 2.06. The topological polar surface area (TPSA) is 42.0 Å². The fourth-order valence-corrected chi connectivity index (χ4v) is 1.59. The Morgan fingerprint density at radius 3 is 3.25 bits per heavy atom. The molecule has 0 unspecified atom stereocenters. The van der Waals surface area contributed by atoms with Gasteiger partial charge in [-0.2, -0.15) is 0 Å². The molecule has 1 N–H and O–H groups in total. The highest BCUT2D eigenvalue weighted by Crippen LogP contribution is 2.29. The molecular weight excluding hydrogens is 172 g/mol. The SMILES string of the molecule is O=Cc1ccc2c(n1)NC=CS2. The monoisotopic (exact) mass is 178 g/mol. The molecule has 0 spiro atoms. The van der Waals surface area contributed by atoms with Crippen LogP contribution in [0, 0.1) is 0 Å². The molecule has 3 nitrogen and oxygen atoms in total. The minimum atomic E-state index is 0.456. The molecule has 4 heteroatoms. The number of fused-ring (bicyclic) bond motifs is 1. The third kappa shape index (κ3) is 1.21. The van der Waals surface area contributed by atoms with E-state index in [9.17, 15) is 4.79 Å². The van der Waals surface area contributed by atoms with Gasteiger partial charge in [-0.1, -0.05) is 11.8 Å². The second-order valence-electron chi connectivity index (χ2n) is 2.27. The summed E-state index contributed by atoms with van der Waals surface area (Å²) in [6.45, 7) is 0. The number of aldehydes is 1. The molecule has 60 valence electrons. The van der Waals surface area contributed by atoms with Gasteiger partial charge in [0.2, 0.25) is 0 Å². The normalized spacial score (nSPS) is 13.3. The van der Waals surface area contributed by atoms with Crippen LogP contribution in [0.2, 0.25) is 0 Å². The maximum absolute atomic E-state index is 10.4. The van der Waals surface area contributed by atoms with Crippen molar-refractivity contribution >= 4 is 23.9 Å². The molecule has 0 atom stereocenters. The first kappa shape index (κ1) is 7.36. The Kier molecular flexibility index (Phi) is 1.83. The lowest BCUT2D eigenvalue weighted by atomic mass is 10.3. The van der Waals surface area contributed by atoms with Gasteiger partial charge in [0.05, 0.1) is 4.90 Å². The average Bonchev–Trinajstić information content (AvgIpc) is 2.17. The van der Waals surface area contributed by atoms with Crippen LogP contribution in [0.25, 0.3) is 0 Å². The number of hydrogen-bond donors (Lipinski definition) is 1. The van der Waals surface area contributed by atoms with Crippen molar-refractivity contribution in [2.24, 2.45) is 0 Å². The van der Waals surface area contributed by atoms with Crippen LogP contribution in [0.4, 0.5) is 5.82 Å². The Morgan fingerprint density at radius 1 is 1.50 bits per heavy atom. The van der Waals surface area contributed by atoms with Crippen LogP contribution in [-0.2, 0) is 0 Å². The van der Waals surface area contributed by atoms with Crippen molar-refractivity contribution in [3.8, 4) is 0 Å². The van der Waals surface area contributed by atoms with Gasteiger partial charge in [0.1, 0.15) is 11.5 Å². The molecule has 2 heterocycles. The molecule has 0 fully saturated rings. The summed E-state index contributed by atoms with van der Waals surface area (Å²) in [5, 5.41) is 4.90. The van der Waals surface area contributed by atoms with E-state index < -0.39 is 0 Å². The molecule has 0 amide bonds. The fourth-order valence-electron chi connectivity index (χ4n) is 0.946. The van der Waals surface area contributed by atoms with Crippen molar-refractivity contribution in [2.45, 2.75) is 4.90 Å². The third-order valence-electron chi connectivity index (χ3n) is 1.48. The first-order valence-electron chi connectivity index (χ1n) is 3.44. The lowest BCUT2D eigenvalue weighted by Crippen LogP contribution is -1.99. The fraction of sp³-hybridized carbons (Fsp3) is 0. The van der Waals surface area contributed by atoms with Gasteiger partial charge in [-0.05, 0) is 17.5 Å². The van der Waals surface area contributed by atoms with E-state index in [1.165, 1.54) is 0 Å². The van der Waals surface area contributed by atoms with E-state index in [0.717, 1.165) is 17.0 Å². The van der Waals surface area contributed by atoms with Gasteiger partial charge in [-0.3, -0.25) is 4.79 Å². The number of nitrogens with one attached hydrogen (secondary N) is 1. The zero-order valence-corrected chi connectivity index (χ0v) is 6.97. The van der Waals surface area contributed by atoms with E-state index >= 15 is 0 Å². The number of aromatic nitrogens is 1. The molecular formula is C8H6N2OS. The van der Waals surface area contributed by atoms with Crippen molar-refractivity contribution in [3.05, 3.63) is 29.4 Å². The van der Waals surface area contributed by atoms with Gasteiger partial charge < -0.3 is 5.32 Å². The van der Waals surface area contributed by atoms with E-state index in [2.05, 4.69) is 10.3 Å². The minimum absolute atomic E-state index is 0.456. The molecule has 1 aromatic heterocycles. The number of nitrogens with zero attached hydrogens (tertiary/aromatic N) is 1. The largest absolute Gasteiger partial charge is 0.345 e. The summed E-state index contributed by atoms with van der Waals surface area (Å²) in [6, 6.07) is 3.59. The van der Waals surface area contributed by atoms with E-state index in [4.69, 9.17) is 0 Å². The molecule has 0 saturated carbocycles. The molecule has 2 rings (SSSR count). The van der Waals surface area contributed by atoms with Crippen LogP contribution in [0.1, 0.15) is 10.5 Å². The summed E-state index contributed by atoms with van der Waals surface area (Å²) in [4.78, 5) is 15.5. The maximum Gasteiger partial charge on any atom is 0.168 e. The van der Waals surface area contributed by atoms with Gasteiger partial charge in [-0.15, -0.1) is 0 Å². The van der Waals surface area contributed by atoms with Crippen LogP contribution >= 0.6 is 11.8 Å². The lowest BCUT2D eigenvalue weighted by molar-refractivity contribution is 0.111. The van der Waals surface area contributed by atoms with Gasteiger partial charge in [-0.25, -0.2) is 4.98 Å². The standard InChI is InChI=1S/C8H6N2OS/c11-5-6-1-2-7-8(10-6)9-3-4-12-7/h1-5H,(H,9,10). The van der Waals surface area contributed by atoms with Crippen molar-refractivity contribution in [1.82, 2.24) is 4.98 Å². The van der Waals surface area contributed by atoms with E-state index in [1.807, 2.05) is 11.5 Å². The van der Waals surface area contributed by atoms with Crippen LogP contribution in [-0.4, -0.2) is 11.3 Å². The van der Waals surface area contributed by atoms with E-state index in [-0.39, 0.29) is 0 Å². The van der Waals surface area contributed by atoms with Gasteiger partial charge >= 0.3 is 0 Å². The van der Waals surface area contributed by atoms with E-state index in [1.54, 1.807) is 24.0 Å². The number of carbonyl (C=O) groups is 1. The Morgan fingerprint density at radius 2 is 2.42 bits per heavy atom. The average molecular weight is 178 g/mol. The molecule has 0 saturated heterocycles. The molecule has 1 aromatic rings.